The highest BCUT2D eigenvalue weighted by molar-refractivity contribution is 8.02. The van der Waals surface area contributed by atoms with E-state index in [0.717, 1.165) is 37.8 Å². The zero-order valence-corrected chi connectivity index (χ0v) is 22.2. The number of amides is 3. The molecule has 2 aliphatic carbocycles. The summed E-state index contributed by atoms with van der Waals surface area (Å²) in [6.45, 7) is 7.93. The zero-order valence-electron chi connectivity index (χ0n) is 20.6. The molecule has 1 saturated carbocycles. The van der Waals surface area contributed by atoms with Gasteiger partial charge in [-0.25, -0.2) is 9.88 Å². The van der Waals surface area contributed by atoms with E-state index in [1.165, 1.54) is 33.6 Å². The lowest BCUT2D eigenvalue weighted by Crippen LogP contribution is -2.32. The van der Waals surface area contributed by atoms with Crippen LogP contribution in [0.1, 0.15) is 30.0 Å². The van der Waals surface area contributed by atoms with Crippen molar-refractivity contribution in [2.24, 2.45) is 23.7 Å². The Hall–Kier alpha value is -2.97. The van der Waals surface area contributed by atoms with Crippen molar-refractivity contribution in [3.8, 4) is 0 Å². The van der Waals surface area contributed by atoms with Gasteiger partial charge in [0.2, 0.25) is 17.7 Å². The Balaban J connectivity index is 1.19. The first-order valence-corrected chi connectivity index (χ1v) is 13.9. The number of aryl methyl sites for hydroxylation is 3. The summed E-state index contributed by atoms with van der Waals surface area (Å²) in [4.78, 5) is 45.4. The predicted molar refractivity (Wildman–Crippen MR) is 144 cm³/mol. The molecular weight excluding hydrogens is 490 g/mol. The van der Waals surface area contributed by atoms with E-state index in [-0.39, 0.29) is 46.6 Å². The number of aromatic nitrogens is 1. The number of nitrogens with one attached hydrogen (secondary N) is 1. The molecule has 6 rings (SSSR count). The Kier molecular flexibility index (Phi) is 5.57. The second-order valence-corrected chi connectivity index (χ2v) is 12.8. The fourth-order valence-electron chi connectivity index (χ4n) is 6.05. The Morgan fingerprint density at radius 3 is 2.33 bits per heavy atom. The van der Waals surface area contributed by atoms with Gasteiger partial charge in [0, 0.05) is 5.69 Å². The number of imide groups is 1. The lowest BCUT2D eigenvalue weighted by Gasteiger charge is -2.17. The maximum absolute atomic E-state index is 13.2. The van der Waals surface area contributed by atoms with Crippen LogP contribution in [0, 0.1) is 44.4 Å². The molecule has 1 saturated heterocycles. The van der Waals surface area contributed by atoms with E-state index in [1.54, 1.807) is 0 Å². The molecule has 8 heteroatoms. The first kappa shape index (κ1) is 23.4. The lowest BCUT2D eigenvalue weighted by molar-refractivity contribution is -0.123. The molecule has 0 unspecified atom stereocenters. The molecule has 0 spiro atoms. The molecule has 1 N–H and O–H groups in total. The van der Waals surface area contributed by atoms with E-state index in [1.807, 2.05) is 45.9 Å². The third kappa shape index (κ3) is 3.69. The van der Waals surface area contributed by atoms with E-state index in [2.05, 4.69) is 34.6 Å². The first-order chi connectivity index (χ1) is 17.2. The van der Waals surface area contributed by atoms with Crippen molar-refractivity contribution in [2.45, 2.75) is 43.7 Å². The third-order valence-electron chi connectivity index (χ3n) is 7.65. The number of allylic oxidation sites excluding steroid dienone is 2. The number of thioether (sulfide) groups is 1. The van der Waals surface area contributed by atoms with Crippen LogP contribution in [0.15, 0.2) is 46.8 Å². The van der Waals surface area contributed by atoms with E-state index >= 15 is 0 Å². The van der Waals surface area contributed by atoms with Gasteiger partial charge in [-0.15, -0.1) is 11.3 Å². The summed E-state index contributed by atoms with van der Waals surface area (Å²) in [6.07, 6.45) is 5.13. The monoisotopic (exact) mass is 517 g/mol. The van der Waals surface area contributed by atoms with Crippen molar-refractivity contribution in [2.75, 3.05) is 10.2 Å². The number of benzene rings is 2. The Morgan fingerprint density at radius 2 is 1.69 bits per heavy atom. The van der Waals surface area contributed by atoms with Crippen LogP contribution >= 0.6 is 23.1 Å². The molecule has 2 bridgehead atoms. The maximum atomic E-state index is 13.2. The van der Waals surface area contributed by atoms with Crippen LogP contribution in [-0.4, -0.2) is 28.0 Å². The number of fused-ring (bicyclic) bond motifs is 6. The summed E-state index contributed by atoms with van der Waals surface area (Å²) in [5, 5.41) is 2.74. The molecule has 5 atom stereocenters. The number of carbonyl (C=O) groups is 3. The van der Waals surface area contributed by atoms with Crippen LogP contribution in [0.3, 0.4) is 0 Å². The number of hydrogen-bond donors (Lipinski definition) is 1. The Labute approximate surface area is 218 Å². The predicted octanol–water partition coefficient (Wildman–Crippen LogP) is 5.65. The number of nitrogens with zero attached hydrogens (tertiary/aromatic N) is 2. The number of carbonyl (C=O) groups excluding carboxylic acids is 3. The first-order valence-electron chi connectivity index (χ1n) is 12.2. The van der Waals surface area contributed by atoms with Gasteiger partial charge in [-0.2, -0.15) is 0 Å². The summed E-state index contributed by atoms with van der Waals surface area (Å²) in [6, 6.07) is 9.68. The van der Waals surface area contributed by atoms with Gasteiger partial charge >= 0.3 is 0 Å². The van der Waals surface area contributed by atoms with E-state index in [0.29, 0.717) is 5.69 Å². The molecule has 2 aromatic carbocycles. The normalized spacial score (nSPS) is 25.2. The Morgan fingerprint density at radius 1 is 1.06 bits per heavy atom. The van der Waals surface area contributed by atoms with Crippen LogP contribution in [-0.2, 0) is 14.4 Å². The minimum absolute atomic E-state index is 0.0713. The second kappa shape index (κ2) is 8.56. The van der Waals surface area contributed by atoms with Gasteiger partial charge < -0.3 is 5.32 Å². The van der Waals surface area contributed by atoms with Crippen LogP contribution in [0.25, 0.3) is 10.2 Å². The van der Waals surface area contributed by atoms with Gasteiger partial charge in [0.15, 0.2) is 4.34 Å². The number of thiazole rings is 1. The number of anilines is 2. The molecule has 3 aromatic rings. The van der Waals surface area contributed by atoms with Crippen LogP contribution < -0.4 is 10.2 Å². The van der Waals surface area contributed by atoms with Crippen LogP contribution in [0.4, 0.5) is 11.4 Å². The van der Waals surface area contributed by atoms with Crippen molar-refractivity contribution in [3.63, 3.8) is 0 Å². The number of rotatable bonds is 5. The molecule has 6 nitrogen and oxygen atoms in total. The van der Waals surface area contributed by atoms with E-state index in [9.17, 15) is 14.4 Å². The minimum Gasteiger partial charge on any atom is -0.325 e. The summed E-state index contributed by atoms with van der Waals surface area (Å²) < 4.78 is 1.67. The standard InChI is InChI=1S/C28H27N3O3S2/c1-13-9-14(2)24(15(3)10-13)30-25(32)16(4)35-28-29-20-8-7-19(12-21(20)36-28)31-26(33)22-17-5-6-18(11-17)23(22)27(31)34/h5-10,12,16-18,22-23H,11H2,1-4H3,(H,30,32)/t16-,17-,18-,22+,23+/m0/s1. The fourth-order valence-corrected chi connectivity index (χ4v) is 8.29. The molecule has 184 valence electrons. The maximum Gasteiger partial charge on any atom is 0.238 e. The van der Waals surface area contributed by atoms with Crippen molar-refractivity contribution < 1.29 is 14.4 Å². The highest BCUT2D eigenvalue weighted by Crippen LogP contribution is 2.53. The largest absolute Gasteiger partial charge is 0.325 e. The highest BCUT2D eigenvalue weighted by atomic mass is 32.2. The third-order valence-corrected chi connectivity index (χ3v) is 9.87. The SMILES string of the molecule is Cc1cc(C)c(NC(=O)[C@H](C)Sc2nc3ccc(N4C(=O)[C@H]5[C@H](C4=O)[C@H]4C=C[C@H]5C4)cc3s2)c(C)c1. The number of hydrogen-bond acceptors (Lipinski definition) is 6. The van der Waals surface area contributed by atoms with Crippen LogP contribution in [0.2, 0.25) is 0 Å². The highest BCUT2D eigenvalue weighted by Gasteiger charge is 2.59. The molecule has 3 amide bonds. The van der Waals surface area contributed by atoms with Gasteiger partial charge in [-0.05, 0) is 75.3 Å². The molecule has 1 aliphatic heterocycles. The summed E-state index contributed by atoms with van der Waals surface area (Å²) >= 11 is 2.89. The van der Waals surface area contributed by atoms with E-state index < -0.39 is 0 Å². The van der Waals surface area contributed by atoms with Crippen molar-refractivity contribution in [3.05, 3.63) is 59.2 Å². The average Bonchev–Trinajstić information content (AvgIpc) is 3.58. The lowest BCUT2D eigenvalue weighted by atomic mass is 9.85. The van der Waals surface area contributed by atoms with Gasteiger partial charge in [0.25, 0.3) is 0 Å². The van der Waals surface area contributed by atoms with Gasteiger partial charge in [0.05, 0.1) is 33.0 Å². The van der Waals surface area contributed by atoms with Gasteiger partial charge in [-0.1, -0.05) is 41.6 Å². The second-order valence-electron chi connectivity index (χ2n) is 10.2. The van der Waals surface area contributed by atoms with Crippen molar-refractivity contribution in [1.82, 2.24) is 4.98 Å². The molecule has 0 radical (unpaired) electrons. The topological polar surface area (TPSA) is 79.4 Å². The molecule has 1 aromatic heterocycles. The Bertz CT molecular complexity index is 1420. The molecule has 2 fully saturated rings. The zero-order chi connectivity index (χ0) is 25.3. The van der Waals surface area contributed by atoms with Crippen molar-refractivity contribution >= 4 is 62.4 Å². The van der Waals surface area contributed by atoms with E-state index in [4.69, 9.17) is 0 Å². The molecule has 3 aliphatic rings. The fraction of sp³-hybridized carbons (Fsp3) is 0.357. The molecule has 36 heavy (non-hydrogen) atoms. The molecule has 2 heterocycles. The van der Waals surface area contributed by atoms with Gasteiger partial charge in [-0.3, -0.25) is 14.4 Å². The minimum atomic E-state index is -0.339. The van der Waals surface area contributed by atoms with Crippen LogP contribution in [0.5, 0.6) is 0 Å². The average molecular weight is 518 g/mol. The smallest absolute Gasteiger partial charge is 0.238 e. The molecular formula is C28H27N3O3S2. The van der Waals surface area contributed by atoms with Gasteiger partial charge in [0.1, 0.15) is 0 Å². The quantitative estimate of drug-likeness (QED) is 0.269. The van der Waals surface area contributed by atoms with Crippen molar-refractivity contribution in [1.29, 1.82) is 0 Å². The summed E-state index contributed by atoms with van der Waals surface area (Å²) in [5.74, 6) is -0.266. The summed E-state index contributed by atoms with van der Waals surface area (Å²) in [7, 11) is 0. The summed E-state index contributed by atoms with van der Waals surface area (Å²) in [5.41, 5.74) is 5.53.